The first kappa shape index (κ1) is 20.9. The molecule has 0 aromatic carbocycles. The molecule has 166 valence electrons. The minimum atomic E-state index is -1.92. The van der Waals surface area contributed by atoms with E-state index in [-0.39, 0.29) is 34.4 Å². The Hall–Kier alpha value is 0.0569. The minimum Gasteiger partial charge on any atom is -0.413 e. The highest BCUT2D eigenvalue weighted by Gasteiger charge is 2.81. The average molecular weight is 423 g/mol. The lowest BCUT2D eigenvalue weighted by Gasteiger charge is -2.52. The Balaban J connectivity index is 1.65. The molecule has 2 spiro atoms. The van der Waals surface area contributed by atoms with Gasteiger partial charge in [-0.15, -0.1) is 0 Å². The van der Waals surface area contributed by atoms with Crippen LogP contribution in [0.4, 0.5) is 0 Å². The van der Waals surface area contributed by atoms with Crippen LogP contribution in [0.3, 0.4) is 0 Å². The Morgan fingerprint density at radius 3 is 2.48 bits per heavy atom. The molecule has 5 heteroatoms. The summed E-state index contributed by atoms with van der Waals surface area (Å²) in [6, 6.07) is 0. The van der Waals surface area contributed by atoms with Crippen LogP contribution in [0.25, 0.3) is 0 Å². The molecule has 2 bridgehead atoms. The van der Waals surface area contributed by atoms with Gasteiger partial charge in [-0.25, -0.2) is 0 Å². The van der Waals surface area contributed by atoms with Crippen molar-refractivity contribution in [1.29, 1.82) is 0 Å². The molecule has 5 fully saturated rings. The molecule has 0 N–H and O–H groups in total. The smallest absolute Gasteiger partial charge is 0.192 e. The summed E-state index contributed by atoms with van der Waals surface area (Å²) in [4.78, 5) is 0. The zero-order valence-corrected chi connectivity index (χ0v) is 20.8. The molecule has 4 nitrogen and oxygen atoms in total. The van der Waals surface area contributed by atoms with Crippen LogP contribution in [0.1, 0.15) is 80.1 Å². The third-order valence-corrected chi connectivity index (χ3v) is 13.9. The largest absolute Gasteiger partial charge is 0.413 e. The van der Waals surface area contributed by atoms with Crippen molar-refractivity contribution in [2.45, 2.75) is 134 Å². The molecular formula is C24H42O4Si. The van der Waals surface area contributed by atoms with E-state index in [4.69, 9.17) is 18.6 Å². The molecule has 2 heterocycles. The van der Waals surface area contributed by atoms with Crippen LogP contribution in [0.15, 0.2) is 0 Å². The summed E-state index contributed by atoms with van der Waals surface area (Å²) in [6.07, 6.45) is 8.24. The molecule has 29 heavy (non-hydrogen) atoms. The van der Waals surface area contributed by atoms with Gasteiger partial charge in [0.1, 0.15) is 11.7 Å². The Morgan fingerprint density at radius 1 is 1.07 bits per heavy atom. The van der Waals surface area contributed by atoms with E-state index < -0.39 is 14.1 Å². The lowest BCUT2D eigenvalue weighted by atomic mass is 9.64. The van der Waals surface area contributed by atoms with E-state index in [9.17, 15) is 0 Å². The molecule has 0 aromatic rings. The van der Waals surface area contributed by atoms with Crippen LogP contribution in [-0.2, 0) is 18.6 Å². The maximum Gasteiger partial charge on any atom is 0.192 e. The fourth-order valence-corrected chi connectivity index (χ4v) is 8.73. The highest BCUT2D eigenvalue weighted by Crippen LogP contribution is 2.71. The molecule has 3 aliphatic carbocycles. The van der Waals surface area contributed by atoms with Gasteiger partial charge in [0.05, 0.1) is 18.3 Å². The predicted molar refractivity (Wildman–Crippen MR) is 116 cm³/mol. The van der Waals surface area contributed by atoms with Gasteiger partial charge >= 0.3 is 0 Å². The number of ether oxygens (including phenoxy) is 3. The van der Waals surface area contributed by atoms with Crippen LogP contribution in [0, 0.1) is 17.3 Å². The Labute approximate surface area is 178 Å². The summed E-state index contributed by atoms with van der Waals surface area (Å²) < 4.78 is 27.5. The van der Waals surface area contributed by atoms with E-state index in [2.05, 4.69) is 54.6 Å². The second kappa shape index (κ2) is 6.09. The van der Waals surface area contributed by atoms with Crippen molar-refractivity contribution in [3.05, 3.63) is 0 Å². The van der Waals surface area contributed by atoms with Crippen molar-refractivity contribution in [3.63, 3.8) is 0 Å². The van der Waals surface area contributed by atoms with E-state index in [0.717, 1.165) is 12.8 Å². The molecule has 0 aromatic heterocycles. The maximum atomic E-state index is 7.41. The summed E-state index contributed by atoms with van der Waals surface area (Å²) in [6.45, 7) is 18.5. The summed E-state index contributed by atoms with van der Waals surface area (Å²) in [7, 11) is -1.92. The number of epoxide rings is 1. The second-order valence-corrected chi connectivity index (χ2v) is 17.6. The molecule has 5 aliphatic rings. The minimum absolute atomic E-state index is 0.0114. The number of rotatable bonds is 2. The van der Waals surface area contributed by atoms with Gasteiger partial charge in [-0.3, -0.25) is 0 Å². The summed E-state index contributed by atoms with van der Waals surface area (Å²) in [5.41, 5.74) is -0.329. The zero-order chi connectivity index (χ0) is 21.0. The fourth-order valence-electron chi connectivity index (χ4n) is 7.32. The van der Waals surface area contributed by atoms with E-state index in [0.29, 0.717) is 17.9 Å². The van der Waals surface area contributed by atoms with Gasteiger partial charge in [0.25, 0.3) is 0 Å². The highest BCUT2D eigenvalue weighted by atomic mass is 28.4. The van der Waals surface area contributed by atoms with Gasteiger partial charge in [-0.1, -0.05) is 40.5 Å². The van der Waals surface area contributed by atoms with Crippen LogP contribution in [-0.4, -0.2) is 44.1 Å². The van der Waals surface area contributed by atoms with Gasteiger partial charge < -0.3 is 18.6 Å². The van der Waals surface area contributed by atoms with Crippen molar-refractivity contribution in [2.75, 3.05) is 0 Å². The van der Waals surface area contributed by atoms with Crippen LogP contribution < -0.4 is 0 Å². The standard InChI is InChI=1S/C24H42O4Si/c1-15-14-23-12-10-9-11-16(19(23)27-29(7,8)21(2,3)4)13-17-20(25-17)24(23)18(15)26-22(5,6)28-24/h15-20H,9-14H2,1-8H3/t15-,16+,17+,18+,19-,20-,23-,24-/m1/s1. The summed E-state index contributed by atoms with van der Waals surface area (Å²) in [5.74, 6) is 0.513. The number of fused-ring (bicyclic) bond motifs is 2. The monoisotopic (exact) mass is 422 g/mol. The van der Waals surface area contributed by atoms with Crippen LogP contribution in [0.2, 0.25) is 18.1 Å². The quantitative estimate of drug-likeness (QED) is 0.425. The van der Waals surface area contributed by atoms with Gasteiger partial charge in [0, 0.05) is 5.41 Å². The number of hydrogen-bond acceptors (Lipinski definition) is 4. The van der Waals surface area contributed by atoms with Gasteiger partial charge in [-0.2, -0.15) is 0 Å². The van der Waals surface area contributed by atoms with E-state index in [1.807, 2.05) is 0 Å². The van der Waals surface area contributed by atoms with Gasteiger partial charge in [0.2, 0.25) is 0 Å². The topological polar surface area (TPSA) is 40.2 Å². The Bertz CT molecular complexity index is 685. The molecule has 0 radical (unpaired) electrons. The van der Waals surface area contributed by atoms with Crippen molar-refractivity contribution in [2.24, 2.45) is 17.3 Å². The molecule has 2 aliphatic heterocycles. The molecule has 0 amide bonds. The predicted octanol–water partition coefficient (Wildman–Crippen LogP) is 5.65. The van der Waals surface area contributed by atoms with Crippen molar-refractivity contribution < 1.29 is 18.6 Å². The third kappa shape index (κ3) is 2.76. The molecule has 2 saturated heterocycles. The third-order valence-electron chi connectivity index (χ3n) is 9.42. The molecular weight excluding hydrogens is 380 g/mol. The normalized spacial score (nSPS) is 50.9. The Kier molecular flexibility index (Phi) is 4.40. The van der Waals surface area contributed by atoms with Crippen molar-refractivity contribution in [1.82, 2.24) is 0 Å². The van der Waals surface area contributed by atoms with E-state index in [1.165, 1.54) is 25.7 Å². The molecule has 3 saturated carbocycles. The van der Waals surface area contributed by atoms with Gasteiger partial charge in [0.15, 0.2) is 14.1 Å². The SMILES string of the molecule is C[C@@H]1C[C@@]23CCCC[C@@H](C[C@@H]4O[C@H]4[C@@]24OC(C)(C)O[C@@H]14)[C@H]3O[Si](C)(C)C(C)(C)C. The van der Waals surface area contributed by atoms with Crippen molar-refractivity contribution in [3.8, 4) is 0 Å². The van der Waals surface area contributed by atoms with Gasteiger partial charge in [-0.05, 0) is 69.5 Å². The molecule has 5 rings (SSSR count). The van der Waals surface area contributed by atoms with Crippen LogP contribution in [0.5, 0.6) is 0 Å². The molecule has 8 atom stereocenters. The Morgan fingerprint density at radius 2 is 1.79 bits per heavy atom. The van der Waals surface area contributed by atoms with E-state index >= 15 is 0 Å². The summed E-state index contributed by atoms with van der Waals surface area (Å²) >= 11 is 0. The maximum absolute atomic E-state index is 7.41. The fraction of sp³-hybridized carbons (Fsp3) is 1.00. The second-order valence-electron chi connectivity index (χ2n) is 12.8. The van der Waals surface area contributed by atoms with E-state index in [1.54, 1.807) is 0 Å². The number of hydrogen-bond donors (Lipinski definition) is 0. The highest BCUT2D eigenvalue weighted by molar-refractivity contribution is 6.74. The molecule has 0 unspecified atom stereocenters. The first-order valence-corrected chi connectivity index (χ1v) is 15.0. The first-order valence-electron chi connectivity index (χ1n) is 12.0. The van der Waals surface area contributed by atoms with Crippen molar-refractivity contribution >= 4 is 8.32 Å². The zero-order valence-electron chi connectivity index (χ0n) is 19.8. The lowest BCUT2D eigenvalue weighted by molar-refractivity contribution is -0.221. The summed E-state index contributed by atoms with van der Waals surface area (Å²) in [5, 5.41) is 0.210. The first-order chi connectivity index (χ1) is 13.3. The van der Waals surface area contributed by atoms with Crippen LogP contribution >= 0.6 is 0 Å². The average Bonchev–Trinajstić information content (AvgIpc) is 3.27. The lowest BCUT2D eigenvalue weighted by Crippen LogP contribution is -2.62.